The number of rotatable bonds is 1. The lowest BCUT2D eigenvalue weighted by atomic mass is 10.3. The van der Waals surface area contributed by atoms with E-state index >= 15 is 0 Å². The Kier molecular flexibility index (Phi) is 6.14. The van der Waals surface area contributed by atoms with Crippen molar-refractivity contribution in [3.8, 4) is 0 Å². The first-order chi connectivity index (χ1) is 7.57. The molecule has 0 spiro atoms. The number of H-pyrrole nitrogens is 1. The van der Waals surface area contributed by atoms with E-state index in [9.17, 15) is 13.2 Å². The number of alkyl halides is 3. The molecule has 2 rings (SSSR count). The molecular formula is C11H19F3N2. The van der Waals surface area contributed by atoms with Crippen LogP contribution in [0.4, 0.5) is 13.2 Å². The van der Waals surface area contributed by atoms with E-state index in [0.29, 0.717) is 5.69 Å². The minimum absolute atomic E-state index is 0.286. The van der Waals surface area contributed by atoms with Gasteiger partial charge < -0.3 is 0 Å². The highest BCUT2D eigenvalue weighted by atomic mass is 19.4. The van der Waals surface area contributed by atoms with Crippen LogP contribution in [0.25, 0.3) is 0 Å². The summed E-state index contributed by atoms with van der Waals surface area (Å²) in [6.45, 7) is 8.00. The van der Waals surface area contributed by atoms with Crippen LogP contribution >= 0.6 is 0 Å². The zero-order chi connectivity index (χ0) is 12.8. The Morgan fingerprint density at radius 1 is 1.19 bits per heavy atom. The molecule has 1 heterocycles. The lowest BCUT2D eigenvalue weighted by Gasteiger charge is -1.98. The van der Waals surface area contributed by atoms with Crippen LogP contribution in [-0.2, 0) is 6.18 Å². The van der Waals surface area contributed by atoms with E-state index < -0.39 is 11.9 Å². The Balaban J connectivity index is 0.000000509. The quantitative estimate of drug-likeness (QED) is 0.771. The molecule has 0 saturated heterocycles. The number of nitrogens with zero attached hydrogens (tertiary/aromatic N) is 1. The van der Waals surface area contributed by atoms with Crippen LogP contribution < -0.4 is 0 Å². The maximum Gasteiger partial charge on any atom is 0.435 e. The number of halogens is 3. The van der Waals surface area contributed by atoms with Crippen molar-refractivity contribution < 1.29 is 13.2 Å². The van der Waals surface area contributed by atoms with Gasteiger partial charge in [0.05, 0.1) is 0 Å². The van der Waals surface area contributed by atoms with Gasteiger partial charge in [0, 0.05) is 11.6 Å². The SMILES string of the molecule is CC.CC.FC(F)(F)c1cc(C2CC2)[nH]n1. The summed E-state index contributed by atoms with van der Waals surface area (Å²) in [4.78, 5) is 0. The molecule has 0 bridgehead atoms. The number of nitrogens with one attached hydrogen (secondary N) is 1. The van der Waals surface area contributed by atoms with Crippen LogP contribution in [0, 0.1) is 0 Å². The van der Waals surface area contributed by atoms with E-state index in [0.717, 1.165) is 18.9 Å². The first-order valence-corrected chi connectivity index (χ1v) is 5.70. The van der Waals surface area contributed by atoms with Crippen molar-refractivity contribution in [2.75, 3.05) is 0 Å². The minimum atomic E-state index is -4.32. The summed E-state index contributed by atoms with van der Waals surface area (Å²) in [5.41, 5.74) is -0.202. The van der Waals surface area contributed by atoms with Gasteiger partial charge in [-0.05, 0) is 18.9 Å². The van der Waals surface area contributed by atoms with Crippen molar-refractivity contribution in [1.29, 1.82) is 0 Å². The maximum absolute atomic E-state index is 12.0. The molecule has 1 aromatic rings. The molecule has 1 fully saturated rings. The molecule has 0 unspecified atom stereocenters. The number of aromatic nitrogens is 2. The first kappa shape index (κ1) is 15.0. The topological polar surface area (TPSA) is 28.7 Å². The third-order valence-corrected chi connectivity index (χ3v) is 1.91. The molecule has 0 aromatic carbocycles. The van der Waals surface area contributed by atoms with Gasteiger partial charge in [0.25, 0.3) is 0 Å². The van der Waals surface area contributed by atoms with Gasteiger partial charge in [0.15, 0.2) is 5.69 Å². The average molecular weight is 236 g/mol. The lowest BCUT2D eigenvalue weighted by Crippen LogP contribution is -2.04. The number of hydrogen-bond acceptors (Lipinski definition) is 1. The molecule has 2 nitrogen and oxygen atoms in total. The van der Waals surface area contributed by atoms with Crippen molar-refractivity contribution in [2.24, 2.45) is 0 Å². The van der Waals surface area contributed by atoms with Crippen LogP contribution in [0.2, 0.25) is 0 Å². The molecule has 1 aliphatic carbocycles. The number of aromatic amines is 1. The van der Waals surface area contributed by atoms with Crippen molar-refractivity contribution in [1.82, 2.24) is 10.2 Å². The Morgan fingerprint density at radius 2 is 1.69 bits per heavy atom. The zero-order valence-corrected chi connectivity index (χ0v) is 10.2. The second-order valence-electron chi connectivity index (χ2n) is 2.98. The highest BCUT2D eigenvalue weighted by Crippen LogP contribution is 2.40. The smallest absolute Gasteiger partial charge is 0.282 e. The summed E-state index contributed by atoms with van der Waals surface area (Å²) < 4.78 is 36.0. The molecule has 1 saturated carbocycles. The van der Waals surface area contributed by atoms with E-state index in [1.165, 1.54) is 0 Å². The van der Waals surface area contributed by atoms with Gasteiger partial charge in [-0.25, -0.2) is 0 Å². The molecule has 0 aliphatic heterocycles. The third kappa shape index (κ3) is 4.24. The predicted octanol–water partition coefficient (Wildman–Crippen LogP) is 4.36. The highest BCUT2D eigenvalue weighted by Gasteiger charge is 2.36. The van der Waals surface area contributed by atoms with Crippen LogP contribution in [0.15, 0.2) is 6.07 Å². The van der Waals surface area contributed by atoms with Crippen LogP contribution in [-0.4, -0.2) is 10.2 Å². The summed E-state index contributed by atoms with van der Waals surface area (Å²) in [6.07, 6.45) is -2.37. The molecule has 1 aromatic heterocycles. The average Bonchev–Trinajstić information content (AvgIpc) is 3.00. The van der Waals surface area contributed by atoms with Crippen molar-refractivity contribution in [3.05, 3.63) is 17.5 Å². The molecule has 16 heavy (non-hydrogen) atoms. The summed E-state index contributed by atoms with van der Waals surface area (Å²) in [5.74, 6) is 0.286. The fourth-order valence-electron chi connectivity index (χ4n) is 1.09. The summed E-state index contributed by atoms with van der Waals surface area (Å²) >= 11 is 0. The summed E-state index contributed by atoms with van der Waals surface area (Å²) in [6, 6.07) is 1.09. The monoisotopic (exact) mass is 236 g/mol. The summed E-state index contributed by atoms with van der Waals surface area (Å²) in [7, 11) is 0. The van der Waals surface area contributed by atoms with E-state index in [-0.39, 0.29) is 5.92 Å². The fraction of sp³-hybridized carbons (Fsp3) is 0.727. The Bertz CT molecular complexity index is 288. The Labute approximate surface area is 94.3 Å². The zero-order valence-electron chi connectivity index (χ0n) is 10.2. The second-order valence-corrected chi connectivity index (χ2v) is 2.98. The molecule has 0 amide bonds. The third-order valence-electron chi connectivity index (χ3n) is 1.91. The van der Waals surface area contributed by atoms with Crippen LogP contribution in [0.5, 0.6) is 0 Å². The van der Waals surface area contributed by atoms with E-state index in [4.69, 9.17) is 0 Å². The Morgan fingerprint density at radius 3 is 2.00 bits per heavy atom. The van der Waals surface area contributed by atoms with Gasteiger partial charge in [-0.2, -0.15) is 18.3 Å². The largest absolute Gasteiger partial charge is 0.435 e. The molecule has 1 aliphatic rings. The van der Waals surface area contributed by atoms with Crippen molar-refractivity contribution in [2.45, 2.75) is 52.6 Å². The Hall–Kier alpha value is -1.00. The molecule has 1 N–H and O–H groups in total. The van der Waals surface area contributed by atoms with Gasteiger partial charge >= 0.3 is 6.18 Å². The molecule has 94 valence electrons. The summed E-state index contributed by atoms with van der Waals surface area (Å²) in [5, 5.41) is 5.60. The highest BCUT2D eigenvalue weighted by molar-refractivity contribution is 5.18. The van der Waals surface area contributed by atoms with Crippen LogP contribution in [0.3, 0.4) is 0 Å². The van der Waals surface area contributed by atoms with Gasteiger partial charge in [-0.15, -0.1) is 0 Å². The predicted molar refractivity (Wildman–Crippen MR) is 58.3 cm³/mol. The van der Waals surface area contributed by atoms with E-state index in [2.05, 4.69) is 10.2 Å². The van der Waals surface area contributed by atoms with Crippen molar-refractivity contribution in [3.63, 3.8) is 0 Å². The second kappa shape index (κ2) is 6.55. The lowest BCUT2D eigenvalue weighted by molar-refractivity contribution is -0.141. The standard InChI is InChI=1S/C7H7F3N2.2C2H6/c8-7(9,10)6-3-5(11-12-6)4-1-2-4;2*1-2/h3-4H,1-2H2,(H,11,12);2*1-2H3. The van der Waals surface area contributed by atoms with Gasteiger partial charge in [-0.3, -0.25) is 5.10 Å². The fourth-order valence-corrected chi connectivity index (χ4v) is 1.09. The van der Waals surface area contributed by atoms with Gasteiger partial charge in [0.2, 0.25) is 0 Å². The van der Waals surface area contributed by atoms with Gasteiger partial charge in [0.1, 0.15) is 0 Å². The van der Waals surface area contributed by atoms with Crippen LogP contribution in [0.1, 0.15) is 57.8 Å². The molecular weight excluding hydrogens is 217 g/mol. The van der Waals surface area contributed by atoms with E-state index in [1.54, 1.807) is 0 Å². The maximum atomic E-state index is 12.0. The molecule has 0 radical (unpaired) electrons. The minimum Gasteiger partial charge on any atom is -0.282 e. The van der Waals surface area contributed by atoms with Gasteiger partial charge in [-0.1, -0.05) is 27.7 Å². The molecule has 0 atom stereocenters. The van der Waals surface area contributed by atoms with Crippen molar-refractivity contribution >= 4 is 0 Å². The number of hydrogen-bond donors (Lipinski definition) is 1. The molecule has 5 heteroatoms. The van der Waals surface area contributed by atoms with E-state index in [1.807, 2.05) is 27.7 Å². The first-order valence-electron chi connectivity index (χ1n) is 5.70. The normalized spacial score (nSPS) is 14.4.